The fraction of sp³-hybridized carbons (Fsp3) is 0.250. The van der Waals surface area contributed by atoms with Crippen molar-refractivity contribution in [3.8, 4) is 0 Å². The van der Waals surface area contributed by atoms with Crippen molar-refractivity contribution < 1.29 is 4.79 Å². The van der Waals surface area contributed by atoms with Crippen molar-refractivity contribution in [2.24, 2.45) is 5.73 Å². The summed E-state index contributed by atoms with van der Waals surface area (Å²) in [6.07, 6.45) is 4.04. The first-order valence-electron chi connectivity index (χ1n) is 3.63. The molecule has 1 amide bonds. The van der Waals surface area contributed by atoms with E-state index in [1.54, 1.807) is 0 Å². The summed E-state index contributed by atoms with van der Waals surface area (Å²) in [5, 5.41) is 0. The maximum atomic E-state index is 10.4. The summed E-state index contributed by atoms with van der Waals surface area (Å²) in [5.74, 6) is -0.287. The maximum Gasteiger partial charge on any atom is 0.219 e. The molecule has 0 aliphatic carbocycles. The van der Waals surface area contributed by atoms with Gasteiger partial charge in [0.05, 0.1) is 0 Å². The van der Waals surface area contributed by atoms with Crippen LogP contribution in [0.15, 0.2) is 24.5 Å². The summed E-state index contributed by atoms with van der Waals surface area (Å²) in [6.45, 7) is 0.616. The standard InChI is InChI=1S/C8H10N2OS/c9-8(11)3-6-10-4-1-7(12)2-5-10/h1-2,4-5H,3,6H2,(H2,9,11). The van der Waals surface area contributed by atoms with Crippen LogP contribution in [-0.2, 0) is 11.3 Å². The normalized spacial score (nSPS) is 9.67. The first-order valence-corrected chi connectivity index (χ1v) is 4.04. The molecular formula is C8H10N2OS. The summed E-state index contributed by atoms with van der Waals surface area (Å²) in [4.78, 5) is 10.4. The monoisotopic (exact) mass is 182 g/mol. The van der Waals surface area contributed by atoms with E-state index in [2.05, 4.69) is 0 Å². The van der Waals surface area contributed by atoms with Crippen molar-refractivity contribution in [2.75, 3.05) is 0 Å². The molecule has 2 N–H and O–H groups in total. The molecule has 0 aliphatic heterocycles. The van der Waals surface area contributed by atoms with Crippen LogP contribution < -0.4 is 5.73 Å². The Morgan fingerprint density at radius 3 is 2.58 bits per heavy atom. The summed E-state index contributed by atoms with van der Waals surface area (Å²) in [7, 11) is 0. The second-order valence-corrected chi connectivity index (χ2v) is 2.96. The highest BCUT2D eigenvalue weighted by Gasteiger charge is 1.93. The molecule has 4 heteroatoms. The predicted octanol–water partition coefficient (Wildman–Crippen LogP) is 1.09. The van der Waals surface area contributed by atoms with Crippen LogP contribution in [0.2, 0.25) is 0 Å². The number of nitrogens with zero attached hydrogens (tertiary/aromatic N) is 1. The van der Waals surface area contributed by atoms with E-state index in [4.69, 9.17) is 18.0 Å². The topological polar surface area (TPSA) is 48.0 Å². The Kier molecular flexibility index (Phi) is 2.99. The van der Waals surface area contributed by atoms with E-state index in [1.807, 2.05) is 29.1 Å². The van der Waals surface area contributed by atoms with E-state index in [0.717, 1.165) is 4.51 Å². The lowest BCUT2D eigenvalue weighted by Gasteiger charge is -2.02. The molecule has 0 bridgehead atoms. The third kappa shape index (κ3) is 2.84. The number of rotatable bonds is 3. The molecule has 1 heterocycles. The molecule has 1 aromatic heterocycles. The largest absolute Gasteiger partial charge is 0.370 e. The maximum absolute atomic E-state index is 10.4. The Hall–Kier alpha value is -1.16. The van der Waals surface area contributed by atoms with E-state index < -0.39 is 0 Å². The molecule has 0 saturated carbocycles. The number of carbonyl (C=O) groups is 1. The minimum atomic E-state index is -0.287. The Morgan fingerprint density at radius 2 is 2.08 bits per heavy atom. The van der Waals surface area contributed by atoms with Gasteiger partial charge in [-0.1, -0.05) is 12.2 Å². The van der Waals surface area contributed by atoms with Crippen LogP contribution in [0, 0.1) is 4.51 Å². The van der Waals surface area contributed by atoms with Crippen molar-refractivity contribution in [3.05, 3.63) is 29.0 Å². The van der Waals surface area contributed by atoms with Crippen LogP contribution >= 0.6 is 12.2 Å². The van der Waals surface area contributed by atoms with Crippen LogP contribution in [0.4, 0.5) is 0 Å². The van der Waals surface area contributed by atoms with Crippen molar-refractivity contribution >= 4 is 18.1 Å². The summed E-state index contributed by atoms with van der Waals surface area (Å²) in [6, 6.07) is 3.63. The summed E-state index contributed by atoms with van der Waals surface area (Å²) < 4.78 is 2.67. The first kappa shape index (κ1) is 8.93. The van der Waals surface area contributed by atoms with E-state index in [9.17, 15) is 4.79 Å². The molecule has 0 unspecified atom stereocenters. The molecule has 64 valence electrons. The minimum Gasteiger partial charge on any atom is -0.370 e. The van der Waals surface area contributed by atoms with Gasteiger partial charge in [-0.25, -0.2) is 0 Å². The molecule has 0 spiro atoms. The Labute approximate surface area is 75.8 Å². The van der Waals surface area contributed by atoms with Crippen LogP contribution in [0.5, 0.6) is 0 Å². The number of carbonyl (C=O) groups excluding carboxylic acids is 1. The Bertz CT molecular complexity index is 312. The lowest BCUT2D eigenvalue weighted by atomic mass is 10.4. The highest BCUT2D eigenvalue weighted by Crippen LogP contribution is 1.93. The molecule has 0 aliphatic rings. The van der Waals surface area contributed by atoms with Gasteiger partial charge in [0.15, 0.2) is 0 Å². The molecular weight excluding hydrogens is 172 g/mol. The van der Waals surface area contributed by atoms with E-state index in [0.29, 0.717) is 13.0 Å². The van der Waals surface area contributed by atoms with Crippen molar-refractivity contribution in [1.82, 2.24) is 4.57 Å². The summed E-state index contributed by atoms with van der Waals surface area (Å²) in [5.41, 5.74) is 5.00. The fourth-order valence-electron chi connectivity index (χ4n) is 0.832. The van der Waals surface area contributed by atoms with E-state index in [-0.39, 0.29) is 5.91 Å². The molecule has 3 nitrogen and oxygen atoms in total. The van der Waals surface area contributed by atoms with Crippen LogP contribution in [0.25, 0.3) is 0 Å². The Balaban J connectivity index is 2.59. The zero-order valence-corrected chi connectivity index (χ0v) is 7.38. The highest BCUT2D eigenvalue weighted by atomic mass is 32.1. The van der Waals surface area contributed by atoms with Gasteiger partial charge in [-0.3, -0.25) is 4.79 Å². The van der Waals surface area contributed by atoms with E-state index >= 15 is 0 Å². The van der Waals surface area contributed by atoms with Gasteiger partial charge >= 0.3 is 0 Å². The zero-order valence-electron chi connectivity index (χ0n) is 6.56. The molecule has 0 atom stereocenters. The molecule has 1 aromatic rings. The number of hydrogen-bond donors (Lipinski definition) is 1. The van der Waals surface area contributed by atoms with Gasteiger partial charge in [0.25, 0.3) is 0 Å². The van der Waals surface area contributed by atoms with Gasteiger partial charge in [-0.15, -0.1) is 0 Å². The van der Waals surface area contributed by atoms with Crippen molar-refractivity contribution in [1.29, 1.82) is 0 Å². The van der Waals surface area contributed by atoms with E-state index in [1.165, 1.54) is 0 Å². The third-order valence-corrected chi connectivity index (χ3v) is 1.75. The second kappa shape index (κ2) is 4.01. The summed E-state index contributed by atoms with van der Waals surface area (Å²) >= 11 is 4.90. The number of aromatic nitrogens is 1. The van der Waals surface area contributed by atoms with Gasteiger partial charge in [0.2, 0.25) is 5.91 Å². The highest BCUT2D eigenvalue weighted by molar-refractivity contribution is 7.71. The number of pyridine rings is 1. The van der Waals surface area contributed by atoms with Gasteiger partial charge in [0, 0.05) is 29.9 Å². The third-order valence-electron chi connectivity index (χ3n) is 1.48. The SMILES string of the molecule is NC(=O)CCn1ccc(=S)cc1. The number of aryl methyl sites for hydroxylation is 1. The Morgan fingerprint density at radius 1 is 1.50 bits per heavy atom. The van der Waals surface area contributed by atoms with Gasteiger partial charge in [-0.05, 0) is 12.1 Å². The first-order chi connectivity index (χ1) is 5.68. The number of hydrogen-bond acceptors (Lipinski definition) is 2. The quantitative estimate of drug-likeness (QED) is 0.711. The predicted molar refractivity (Wildman–Crippen MR) is 49.1 cm³/mol. The molecule has 0 fully saturated rings. The van der Waals surface area contributed by atoms with Gasteiger partial charge in [-0.2, -0.15) is 0 Å². The van der Waals surface area contributed by atoms with Crippen molar-refractivity contribution in [3.63, 3.8) is 0 Å². The van der Waals surface area contributed by atoms with Crippen LogP contribution in [0.1, 0.15) is 6.42 Å². The lowest BCUT2D eigenvalue weighted by Crippen LogP contribution is -2.13. The number of amides is 1. The molecule has 0 radical (unpaired) electrons. The van der Waals surface area contributed by atoms with Crippen molar-refractivity contribution in [2.45, 2.75) is 13.0 Å². The smallest absolute Gasteiger partial charge is 0.219 e. The molecule has 0 aromatic carbocycles. The van der Waals surface area contributed by atoms with Gasteiger partial charge in [0.1, 0.15) is 0 Å². The fourth-order valence-corrected chi connectivity index (χ4v) is 0.954. The van der Waals surface area contributed by atoms with Crippen LogP contribution in [0.3, 0.4) is 0 Å². The second-order valence-electron chi connectivity index (χ2n) is 2.49. The molecule has 1 rings (SSSR count). The average Bonchev–Trinajstić information content (AvgIpc) is 2.03. The number of nitrogens with two attached hydrogens (primary N) is 1. The average molecular weight is 182 g/mol. The zero-order chi connectivity index (χ0) is 8.97. The lowest BCUT2D eigenvalue weighted by molar-refractivity contribution is -0.118. The van der Waals surface area contributed by atoms with Crippen LogP contribution in [-0.4, -0.2) is 10.5 Å². The number of primary amides is 1. The molecule has 12 heavy (non-hydrogen) atoms. The minimum absolute atomic E-state index is 0.287. The molecule has 0 saturated heterocycles. The van der Waals surface area contributed by atoms with Gasteiger partial charge < -0.3 is 10.3 Å².